The highest BCUT2D eigenvalue weighted by Crippen LogP contribution is 2.47. The van der Waals surface area contributed by atoms with Crippen molar-refractivity contribution in [2.24, 2.45) is 17.1 Å². The lowest BCUT2D eigenvalue weighted by molar-refractivity contribution is -0.134. The molecule has 2 aliphatic rings. The molecule has 0 spiro atoms. The molecule has 5 rings (SSSR count). The summed E-state index contributed by atoms with van der Waals surface area (Å²) in [4.78, 5) is 31.6. The quantitative estimate of drug-likeness (QED) is 0.569. The SMILES string of the molecule is CC(C)n1cc(-c2cn3ncc(C(N)=O)c(N[C@@H]4CN(C(=O)C5(C#N)CC5)C[C@@H]4C)c3n2)cn1. The fraction of sp³-hybridized carbons (Fsp3) is 0.478. The Bertz CT molecular complexity index is 1330. The van der Waals surface area contributed by atoms with Crippen LogP contribution in [0.5, 0.6) is 0 Å². The van der Waals surface area contributed by atoms with Crippen LogP contribution in [0.3, 0.4) is 0 Å². The van der Waals surface area contributed by atoms with E-state index in [1.807, 2.05) is 31.6 Å². The van der Waals surface area contributed by atoms with E-state index >= 15 is 0 Å². The van der Waals surface area contributed by atoms with Gasteiger partial charge in [0.2, 0.25) is 5.91 Å². The summed E-state index contributed by atoms with van der Waals surface area (Å²) in [5.41, 5.74) is 7.50. The van der Waals surface area contributed by atoms with Crippen LogP contribution in [0, 0.1) is 22.7 Å². The Kier molecular flexibility index (Phi) is 5.04. The average Bonchev–Trinajstić information content (AvgIpc) is 3.13. The summed E-state index contributed by atoms with van der Waals surface area (Å²) < 4.78 is 3.45. The predicted molar refractivity (Wildman–Crippen MR) is 124 cm³/mol. The van der Waals surface area contributed by atoms with Gasteiger partial charge in [0.25, 0.3) is 5.91 Å². The van der Waals surface area contributed by atoms with E-state index in [-0.39, 0.29) is 29.5 Å². The zero-order valence-electron chi connectivity index (χ0n) is 19.4. The number of nitriles is 1. The number of amides is 2. The van der Waals surface area contributed by atoms with Crippen LogP contribution in [-0.4, -0.2) is 60.2 Å². The lowest BCUT2D eigenvalue weighted by atomic mass is 10.1. The van der Waals surface area contributed by atoms with E-state index in [4.69, 9.17) is 10.7 Å². The number of primary amides is 1. The monoisotopic (exact) mass is 461 g/mol. The molecular formula is C23H27N9O2. The number of rotatable bonds is 6. The highest BCUT2D eigenvalue weighted by molar-refractivity contribution is 6.01. The second-order valence-corrected chi connectivity index (χ2v) is 9.63. The average molecular weight is 462 g/mol. The van der Waals surface area contributed by atoms with Crippen molar-refractivity contribution in [3.63, 3.8) is 0 Å². The molecule has 2 amide bonds. The molecule has 3 aromatic heterocycles. The number of imidazole rings is 1. The fourth-order valence-electron chi connectivity index (χ4n) is 4.46. The minimum Gasteiger partial charge on any atom is -0.376 e. The third-order valence-corrected chi connectivity index (χ3v) is 6.79. The molecule has 0 radical (unpaired) electrons. The van der Waals surface area contributed by atoms with E-state index in [9.17, 15) is 14.9 Å². The number of anilines is 1. The van der Waals surface area contributed by atoms with E-state index < -0.39 is 11.3 Å². The predicted octanol–water partition coefficient (Wildman–Crippen LogP) is 1.84. The number of carbonyl (C=O) groups excluding carboxylic acids is 2. The lowest BCUT2D eigenvalue weighted by Crippen LogP contribution is -2.36. The van der Waals surface area contributed by atoms with Crippen LogP contribution in [0.4, 0.5) is 5.69 Å². The number of hydrogen-bond donors (Lipinski definition) is 2. The van der Waals surface area contributed by atoms with Crippen molar-refractivity contribution in [3.8, 4) is 17.3 Å². The Morgan fingerprint density at radius 2 is 2.00 bits per heavy atom. The maximum Gasteiger partial charge on any atom is 0.252 e. The van der Waals surface area contributed by atoms with Crippen molar-refractivity contribution >= 4 is 23.1 Å². The van der Waals surface area contributed by atoms with Crippen molar-refractivity contribution in [2.45, 2.75) is 45.7 Å². The molecule has 1 saturated carbocycles. The summed E-state index contributed by atoms with van der Waals surface area (Å²) >= 11 is 0. The third kappa shape index (κ3) is 3.55. The van der Waals surface area contributed by atoms with Gasteiger partial charge in [-0.3, -0.25) is 14.3 Å². The molecular weight excluding hydrogens is 434 g/mol. The molecule has 0 bridgehead atoms. The van der Waals surface area contributed by atoms with Gasteiger partial charge in [0, 0.05) is 36.9 Å². The Balaban J connectivity index is 1.47. The van der Waals surface area contributed by atoms with Gasteiger partial charge >= 0.3 is 0 Å². The van der Waals surface area contributed by atoms with Crippen molar-refractivity contribution < 1.29 is 9.59 Å². The summed E-state index contributed by atoms with van der Waals surface area (Å²) in [7, 11) is 0. The van der Waals surface area contributed by atoms with Gasteiger partial charge in [-0.05, 0) is 32.6 Å². The van der Waals surface area contributed by atoms with Gasteiger partial charge in [0.1, 0.15) is 5.41 Å². The van der Waals surface area contributed by atoms with Crippen molar-refractivity contribution in [1.29, 1.82) is 5.26 Å². The number of nitrogens with zero attached hydrogens (tertiary/aromatic N) is 7. The van der Waals surface area contributed by atoms with E-state index in [2.05, 4.69) is 21.6 Å². The molecule has 0 aromatic carbocycles. The molecule has 2 atom stereocenters. The van der Waals surface area contributed by atoms with Gasteiger partial charge < -0.3 is 16.0 Å². The molecule has 1 saturated heterocycles. The molecule has 3 aromatic rings. The van der Waals surface area contributed by atoms with Crippen LogP contribution in [0.25, 0.3) is 16.9 Å². The van der Waals surface area contributed by atoms with Crippen LogP contribution in [0.1, 0.15) is 50.0 Å². The molecule has 1 aliphatic carbocycles. The topological polar surface area (TPSA) is 147 Å². The number of likely N-dealkylation sites (tertiary alicyclic amines) is 1. The number of aromatic nitrogens is 5. The molecule has 4 heterocycles. The molecule has 3 N–H and O–H groups in total. The maximum absolute atomic E-state index is 12.9. The Labute approximate surface area is 196 Å². The molecule has 176 valence electrons. The van der Waals surface area contributed by atoms with Gasteiger partial charge in [0.15, 0.2) is 5.65 Å². The standard InChI is InChI=1S/C23H27N9O2/c1-13(2)31-9-15(6-26-31)18-11-32-21(29-18)19(16(7-27-32)20(25)33)28-17-10-30(8-14(17)3)22(34)23(12-24)4-5-23/h6-7,9,11,13-14,17,28H,4-5,8,10H2,1-3H3,(H2,25,33)/t14-,17+/m0/s1. The third-order valence-electron chi connectivity index (χ3n) is 6.79. The largest absolute Gasteiger partial charge is 0.376 e. The highest BCUT2D eigenvalue weighted by Gasteiger charge is 2.54. The maximum atomic E-state index is 12.9. The summed E-state index contributed by atoms with van der Waals surface area (Å²) in [6.07, 6.45) is 8.11. The van der Waals surface area contributed by atoms with Crippen LogP contribution in [0.2, 0.25) is 0 Å². The van der Waals surface area contributed by atoms with Gasteiger partial charge in [0.05, 0.1) is 41.6 Å². The van der Waals surface area contributed by atoms with E-state index in [0.717, 1.165) is 5.56 Å². The van der Waals surface area contributed by atoms with Gasteiger partial charge in [-0.1, -0.05) is 6.92 Å². The molecule has 1 aliphatic heterocycles. The van der Waals surface area contributed by atoms with Gasteiger partial charge in [-0.2, -0.15) is 15.5 Å². The number of nitrogens with two attached hydrogens (primary N) is 1. The fourth-order valence-corrected chi connectivity index (χ4v) is 4.46. The number of hydrogen-bond acceptors (Lipinski definition) is 7. The highest BCUT2D eigenvalue weighted by atomic mass is 16.2. The summed E-state index contributed by atoms with van der Waals surface area (Å²) in [5.74, 6) is -0.618. The molecule has 34 heavy (non-hydrogen) atoms. The zero-order valence-corrected chi connectivity index (χ0v) is 19.4. The first-order valence-corrected chi connectivity index (χ1v) is 11.4. The first-order valence-electron chi connectivity index (χ1n) is 11.4. The van der Waals surface area contributed by atoms with Gasteiger partial charge in [-0.15, -0.1) is 0 Å². The minimum atomic E-state index is -0.852. The van der Waals surface area contributed by atoms with Crippen molar-refractivity contribution in [3.05, 3.63) is 30.4 Å². The second kappa shape index (κ2) is 7.83. The van der Waals surface area contributed by atoms with Crippen molar-refractivity contribution in [2.75, 3.05) is 18.4 Å². The molecule has 11 nitrogen and oxygen atoms in total. The smallest absolute Gasteiger partial charge is 0.252 e. The van der Waals surface area contributed by atoms with Crippen LogP contribution < -0.4 is 11.1 Å². The first kappa shape index (κ1) is 21.9. The normalized spacial score (nSPS) is 21.1. The van der Waals surface area contributed by atoms with E-state index in [1.54, 1.807) is 21.8 Å². The number of carbonyl (C=O) groups is 2. The zero-order chi connectivity index (χ0) is 24.2. The van der Waals surface area contributed by atoms with Gasteiger partial charge in [-0.25, -0.2) is 9.50 Å². The van der Waals surface area contributed by atoms with E-state index in [0.29, 0.717) is 43.0 Å². The summed E-state index contributed by atoms with van der Waals surface area (Å²) in [5, 5.41) is 21.5. The molecule has 0 unspecified atom stereocenters. The Morgan fingerprint density at radius 3 is 2.62 bits per heavy atom. The number of nitrogens with one attached hydrogen (secondary N) is 1. The van der Waals surface area contributed by atoms with Crippen LogP contribution in [-0.2, 0) is 4.79 Å². The first-order chi connectivity index (χ1) is 16.2. The Morgan fingerprint density at radius 1 is 1.24 bits per heavy atom. The van der Waals surface area contributed by atoms with Crippen molar-refractivity contribution in [1.82, 2.24) is 29.3 Å². The summed E-state index contributed by atoms with van der Waals surface area (Å²) in [6.45, 7) is 7.10. The molecule has 11 heteroatoms. The number of fused-ring (bicyclic) bond motifs is 1. The second-order valence-electron chi connectivity index (χ2n) is 9.63. The summed E-state index contributed by atoms with van der Waals surface area (Å²) in [6, 6.07) is 2.27. The molecule has 2 fully saturated rings. The lowest BCUT2D eigenvalue weighted by Gasteiger charge is -2.21. The Hall–Kier alpha value is -3.94. The van der Waals surface area contributed by atoms with Crippen LogP contribution >= 0.6 is 0 Å². The van der Waals surface area contributed by atoms with Crippen LogP contribution in [0.15, 0.2) is 24.8 Å². The minimum absolute atomic E-state index is 0.103. The van der Waals surface area contributed by atoms with E-state index in [1.165, 1.54) is 6.20 Å².